The lowest BCUT2D eigenvalue weighted by Gasteiger charge is -2.25. The lowest BCUT2D eigenvalue weighted by atomic mass is 9.82. The van der Waals surface area contributed by atoms with Crippen molar-refractivity contribution < 1.29 is 9.47 Å². The number of benzene rings is 2. The largest absolute Gasteiger partial charge is 0.494 e. The minimum atomic E-state index is 0.311. The van der Waals surface area contributed by atoms with Gasteiger partial charge in [-0.1, -0.05) is 15.9 Å². The van der Waals surface area contributed by atoms with E-state index in [1.165, 1.54) is 33.4 Å². The first-order valence-corrected chi connectivity index (χ1v) is 10.1. The number of hydrogen-bond acceptors (Lipinski definition) is 2. The topological polar surface area (TPSA) is 18.5 Å². The van der Waals surface area contributed by atoms with E-state index in [2.05, 4.69) is 67.9 Å². The summed E-state index contributed by atoms with van der Waals surface area (Å²) < 4.78 is 11.4. The van der Waals surface area contributed by atoms with Gasteiger partial charge in [0.1, 0.15) is 11.5 Å². The van der Waals surface area contributed by atoms with Crippen molar-refractivity contribution in [2.75, 3.05) is 18.5 Å². The number of alkyl halides is 1. The molecule has 0 saturated heterocycles. The average molecular weight is 405 g/mol. The lowest BCUT2D eigenvalue weighted by Crippen LogP contribution is -2.11. The number of ether oxygens (including phenoxy) is 2. The Balaban J connectivity index is 2.54. The monoisotopic (exact) mass is 404 g/mol. The van der Waals surface area contributed by atoms with Gasteiger partial charge in [0.25, 0.3) is 0 Å². The molecule has 0 aromatic heterocycles. The van der Waals surface area contributed by atoms with Gasteiger partial charge in [-0.05, 0) is 99.2 Å². The fourth-order valence-corrected chi connectivity index (χ4v) is 4.42. The van der Waals surface area contributed by atoms with Crippen LogP contribution in [0.3, 0.4) is 0 Å². The van der Waals surface area contributed by atoms with E-state index in [0.717, 1.165) is 16.8 Å². The normalized spacial score (nSPS) is 11.0. The van der Waals surface area contributed by atoms with Crippen LogP contribution in [-0.2, 0) is 0 Å². The van der Waals surface area contributed by atoms with Crippen molar-refractivity contribution in [3.05, 3.63) is 57.6 Å². The molecule has 0 spiro atoms. The number of rotatable bonds is 7. The number of aryl methyl sites for hydroxylation is 4. The summed E-state index contributed by atoms with van der Waals surface area (Å²) in [4.78, 5) is 0. The molecule has 2 rings (SSSR count). The van der Waals surface area contributed by atoms with Crippen molar-refractivity contribution in [2.45, 2.75) is 47.5 Å². The maximum absolute atomic E-state index is 5.70. The summed E-state index contributed by atoms with van der Waals surface area (Å²) in [7, 11) is 0. The molecule has 0 heterocycles. The quantitative estimate of drug-likeness (QED) is 0.508. The van der Waals surface area contributed by atoms with E-state index in [-0.39, 0.29) is 0 Å². The van der Waals surface area contributed by atoms with Gasteiger partial charge in [0.05, 0.1) is 13.2 Å². The highest BCUT2D eigenvalue weighted by atomic mass is 79.9. The summed E-state index contributed by atoms with van der Waals surface area (Å²) in [6, 6.07) is 8.61. The summed E-state index contributed by atoms with van der Waals surface area (Å²) in [5.74, 6) is 2.22. The summed E-state index contributed by atoms with van der Waals surface area (Å²) in [6.45, 7) is 14.1. The van der Waals surface area contributed by atoms with Crippen molar-refractivity contribution in [3.8, 4) is 11.5 Å². The van der Waals surface area contributed by atoms with Gasteiger partial charge in [-0.3, -0.25) is 0 Å². The van der Waals surface area contributed by atoms with Gasteiger partial charge in [-0.15, -0.1) is 0 Å². The van der Waals surface area contributed by atoms with E-state index in [9.17, 15) is 0 Å². The van der Waals surface area contributed by atoms with Crippen LogP contribution in [-0.4, -0.2) is 18.5 Å². The van der Waals surface area contributed by atoms with Crippen LogP contribution in [0.15, 0.2) is 24.3 Å². The molecular formula is C22H29BrO2. The van der Waals surface area contributed by atoms with Crippen molar-refractivity contribution in [1.82, 2.24) is 0 Å². The Kier molecular flexibility index (Phi) is 6.95. The van der Waals surface area contributed by atoms with E-state index >= 15 is 0 Å². The van der Waals surface area contributed by atoms with Crippen LogP contribution >= 0.6 is 15.9 Å². The summed E-state index contributed by atoms with van der Waals surface area (Å²) in [5, 5.41) is 0.887. The van der Waals surface area contributed by atoms with Gasteiger partial charge in [0.2, 0.25) is 0 Å². The molecule has 0 atom stereocenters. The Hall–Kier alpha value is -1.48. The first-order chi connectivity index (χ1) is 11.9. The average Bonchev–Trinajstić information content (AvgIpc) is 2.52. The van der Waals surface area contributed by atoms with Crippen molar-refractivity contribution in [2.24, 2.45) is 0 Å². The predicted octanol–water partition coefficient (Wildman–Crippen LogP) is 6.24. The van der Waals surface area contributed by atoms with Crippen molar-refractivity contribution in [1.29, 1.82) is 0 Å². The van der Waals surface area contributed by atoms with Crippen molar-refractivity contribution >= 4 is 15.9 Å². The Morgan fingerprint density at radius 1 is 0.720 bits per heavy atom. The highest BCUT2D eigenvalue weighted by molar-refractivity contribution is 9.09. The molecule has 0 aliphatic rings. The van der Waals surface area contributed by atoms with E-state index in [0.29, 0.717) is 19.1 Å². The van der Waals surface area contributed by atoms with Gasteiger partial charge in [0, 0.05) is 11.2 Å². The number of hydrogen-bond donors (Lipinski definition) is 0. The first kappa shape index (κ1) is 19.8. The fraction of sp³-hybridized carbons (Fsp3) is 0.455. The predicted molar refractivity (Wildman–Crippen MR) is 110 cm³/mol. The SMILES string of the molecule is CCOc1cc(C)c(C(CBr)c2c(C)cc(OCC)cc2C)c(C)c1. The molecule has 0 radical (unpaired) electrons. The third-order valence-electron chi connectivity index (χ3n) is 4.61. The molecule has 0 saturated carbocycles. The zero-order valence-corrected chi connectivity index (χ0v) is 17.8. The minimum absolute atomic E-state index is 0.311. The van der Waals surface area contributed by atoms with Crippen LogP contribution in [0, 0.1) is 27.7 Å². The smallest absolute Gasteiger partial charge is 0.119 e. The molecule has 0 bridgehead atoms. The van der Waals surface area contributed by atoms with Crippen LogP contribution in [0.1, 0.15) is 53.1 Å². The Morgan fingerprint density at radius 3 is 1.28 bits per heavy atom. The number of halogens is 1. The third-order valence-corrected chi connectivity index (χ3v) is 5.26. The second-order valence-electron chi connectivity index (χ2n) is 6.51. The second-order valence-corrected chi connectivity index (χ2v) is 7.16. The molecule has 3 heteroatoms. The highest BCUT2D eigenvalue weighted by Gasteiger charge is 2.22. The molecule has 0 aliphatic carbocycles. The van der Waals surface area contributed by atoms with Gasteiger partial charge >= 0.3 is 0 Å². The molecule has 0 unspecified atom stereocenters. The maximum Gasteiger partial charge on any atom is 0.119 e. The van der Waals surface area contributed by atoms with Crippen LogP contribution in [0.4, 0.5) is 0 Å². The fourth-order valence-electron chi connectivity index (χ4n) is 3.77. The van der Waals surface area contributed by atoms with E-state index in [4.69, 9.17) is 9.47 Å². The van der Waals surface area contributed by atoms with Crippen LogP contribution in [0.25, 0.3) is 0 Å². The van der Waals surface area contributed by atoms with Crippen LogP contribution < -0.4 is 9.47 Å². The minimum Gasteiger partial charge on any atom is -0.494 e. The van der Waals surface area contributed by atoms with Crippen LogP contribution in [0.5, 0.6) is 11.5 Å². The second kappa shape index (κ2) is 8.75. The van der Waals surface area contributed by atoms with Crippen LogP contribution in [0.2, 0.25) is 0 Å². The molecule has 0 fully saturated rings. The van der Waals surface area contributed by atoms with Gasteiger partial charge < -0.3 is 9.47 Å². The molecular weight excluding hydrogens is 376 g/mol. The van der Waals surface area contributed by atoms with Gasteiger partial charge in [0.15, 0.2) is 0 Å². The van der Waals surface area contributed by atoms with Crippen molar-refractivity contribution in [3.63, 3.8) is 0 Å². The summed E-state index contributed by atoms with van der Waals surface area (Å²) >= 11 is 3.76. The summed E-state index contributed by atoms with van der Waals surface area (Å²) in [6.07, 6.45) is 0. The van der Waals surface area contributed by atoms with Gasteiger partial charge in [-0.25, -0.2) is 0 Å². The highest BCUT2D eigenvalue weighted by Crippen LogP contribution is 2.38. The molecule has 0 N–H and O–H groups in total. The molecule has 2 aromatic rings. The molecule has 136 valence electrons. The molecule has 0 aliphatic heterocycles. The zero-order valence-electron chi connectivity index (χ0n) is 16.2. The van der Waals surface area contributed by atoms with E-state index in [1.807, 2.05) is 13.8 Å². The Morgan fingerprint density at radius 2 is 1.04 bits per heavy atom. The van der Waals surface area contributed by atoms with Gasteiger partial charge in [-0.2, -0.15) is 0 Å². The zero-order chi connectivity index (χ0) is 18.6. The maximum atomic E-state index is 5.70. The molecule has 2 nitrogen and oxygen atoms in total. The third kappa shape index (κ3) is 4.38. The Labute approximate surface area is 160 Å². The molecule has 0 amide bonds. The lowest BCUT2D eigenvalue weighted by molar-refractivity contribution is 0.339. The standard InChI is InChI=1S/C22H29BrO2/c1-7-24-18-9-14(3)21(15(4)10-18)20(13-23)22-16(5)11-19(25-8-2)12-17(22)6/h9-12,20H,7-8,13H2,1-6H3. The Bertz CT molecular complexity index is 629. The van der Waals surface area contributed by atoms with E-state index < -0.39 is 0 Å². The molecule has 25 heavy (non-hydrogen) atoms. The van der Waals surface area contributed by atoms with E-state index in [1.54, 1.807) is 0 Å². The molecule has 2 aromatic carbocycles. The first-order valence-electron chi connectivity index (χ1n) is 8.96. The summed E-state index contributed by atoms with van der Waals surface area (Å²) in [5.41, 5.74) is 7.88.